The van der Waals surface area contributed by atoms with Crippen molar-refractivity contribution in [3.05, 3.63) is 34.9 Å². The molecule has 0 aliphatic heterocycles. The summed E-state index contributed by atoms with van der Waals surface area (Å²) in [5, 5.41) is 0.831. The van der Waals surface area contributed by atoms with E-state index < -0.39 is 0 Å². The molecule has 0 aliphatic rings. The Bertz CT molecular complexity index is 375. The SMILES string of the molecule is Cc1cc(CBr)ccc1C(=O)C(C)(C)C. The maximum atomic E-state index is 12.1. The minimum Gasteiger partial charge on any atom is -0.294 e. The second-order valence-electron chi connectivity index (χ2n) is 4.86. The van der Waals surface area contributed by atoms with E-state index in [0.29, 0.717) is 0 Å². The third-order valence-electron chi connectivity index (χ3n) is 2.37. The Morgan fingerprint density at radius 2 is 1.93 bits per heavy atom. The number of hydrogen-bond donors (Lipinski definition) is 0. The van der Waals surface area contributed by atoms with Gasteiger partial charge in [-0.1, -0.05) is 54.9 Å². The number of Topliss-reactive ketones (excluding diaryl/α,β-unsaturated/α-hetero) is 1. The molecule has 1 aromatic carbocycles. The third kappa shape index (κ3) is 2.91. The Hall–Kier alpha value is -0.630. The molecule has 0 bridgehead atoms. The topological polar surface area (TPSA) is 17.1 Å². The minimum absolute atomic E-state index is 0.209. The number of rotatable bonds is 2. The quantitative estimate of drug-likeness (QED) is 0.583. The van der Waals surface area contributed by atoms with Crippen molar-refractivity contribution in [2.75, 3.05) is 0 Å². The van der Waals surface area contributed by atoms with Gasteiger partial charge in [0.15, 0.2) is 5.78 Å². The number of ketones is 1. The van der Waals surface area contributed by atoms with Gasteiger partial charge in [-0.25, -0.2) is 0 Å². The molecular formula is C13H17BrO. The molecule has 1 aromatic rings. The van der Waals surface area contributed by atoms with E-state index in [1.165, 1.54) is 5.56 Å². The molecule has 0 fully saturated rings. The van der Waals surface area contributed by atoms with Crippen LogP contribution < -0.4 is 0 Å². The van der Waals surface area contributed by atoms with Gasteiger partial charge in [-0.05, 0) is 18.1 Å². The van der Waals surface area contributed by atoms with E-state index in [0.717, 1.165) is 16.5 Å². The molecule has 0 aromatic heterocycles. The van der Waals surface area contributed by atoms with Gasteiger partial charge in [0, 0.05) is 16.3 Å². The first kappa shape index (κ1) is 12.4. The first-order valence-corrected chi connectivity index (χ1v) is 6.18. The highest BCUT2D eigenvalue weighted by Crippen LogP contribution is 2.24. The zero-order valence-electron chi connectivity index (χ0n) is 9.73. The van der Waals surface area contributed by atoms with Crippen LogP contribution in [0, 0.1) is 12.3 Å². The molecule has 0 amide bonds. The van der Waals surface area contributed by atoms with Crippen LogP contribution in [0.4, 0.5) is 0 Å². The summed E-state index contributed by atoms with van der Waals surface area (Å²) in [5.74, 6) is 0.209. The van der Waals surface area contributed by atoms with Crippen LogP contribution in [0.15, 0.2) is 18.2 Å². The lowest BCUT2D eigenvalue weighted by Gasteiger charge is -2.18. The van der Waals surface area contributed by atoms with Crippen LogP contribution in [-0.4, -0.2) is 5.78 Å². The van der Waals surface area contributed by atoms with Crippen LogP contribution >= 0.6 is 15.9 Å². The van der Waals surface area contributed by atoms with Crippen molar-refractivity contribution in [3.8, 4) is 0 Å². The highest BCUT2D eigenvalue weighted by molar-refractivity contribution is 9.08. The summed E-state index contributed by atoms with van der Waals surface area (Å²) in [6.07, 6.45) is 0. The lowest BCUT2D eigenvalue weighted by molar-refractivity contribution is 0.0857. The lowest BCUT2D eigenvalue weighted by Crippen LogP contribution is -2.21. The molecule has 0 unspecified atom stereocenters. The molecular weight excluding hydrogens is 252 g/mol. The molecule has 2 heteroatoms. The predicted molar refractivity (Wildman–Crippen MR) is 67.6 cm³/mol. The average Bonchev–Trinajstić information content (AvgIpc) is 2.15. The smallest absolute Gasteiger partial charge is 0.168 e. The average molecular weight is 269 g/mol. The van der Waals surface area contributed by atoms with Crippen LogP contribution in [-0.2, 0) is 5.33 Å². The van der Waals surface area contributed by atoms with Gasteiger partial charge in [-0.2, -0.15) is 0 Å². The van der Waals surface area contributed by atoms with Gasteiger partial charge in [0.2, 0.25) is 0 Å². The minimum atomic E-state index is -0.305. The van der Waals surface area contributed by atoms with E-state index in [9.17, 15) is 4.79 Å². The van der Waals surface area contributed by atoms with Crippen molar-refractivity contribution in [1.82, 2.24) is 0 Å². The van der Waals surface area contributed by atoms with Crippen molar-refractivity contribution in [2.45, 2.75) is 33.0 Å². The first-order chi connectivity index (χ1) is 6.86. The fourth-order valence-corrected chi connectivity index (χ4v) is 1.82. The Labute approximate surface area is 100 Å². The Morgan fingerprint density at radius 1 is 1.33 bits per heavy atom. The van der Waals surface area contributed by atoms with Crippen LogP contribution in [0.25, 0.3) is 0 Å². The summed E-state index contributed by atoms with van der Waals surface area (Å²) >= 11 is 3.41. The molecule has 0 heterocycles. The van der Waals surface area contributed by atoms with Gasteiger partial charge < -0.3 is 0 Å². The van der Waals surface area contributed by atoms with Crippen molar-refractivity contribution in [3.63, 3.8) is 0 Å². The summed E-state index contributed by atoms with van der Waals surface area (Å²) in [6, 6.07) is 5.99. The summed E-state index contributed by atoms with van der Waals surface area (Å²) in [7, 11) is 0. The van der Waals surface area contributed by atoms with E-state index in [4.69, 9.17) is 0 Å². The summed E-state index contributed by atoms with van der Waals surface area (Å²) < 4.78 is 0. The van der Waals surface area contributed by atoms with Crippen molar-refractivity contribution < 1.29 is 4.79 Å². The molecule has 82 valence electrons. The number of benzene rings is 1. The Morgan fingerprint density at radius 3 is 2.33 bits per heavy atom. The molecule has 0 radical (unpaired) electrons. The summed E-state index contributed by atoms with van der Waals surface area (Å²) in [5.41, 5.74) is 2.80. The Kier molecular flexibility index (Phi) is 3.72. The van der Waals surface area contributed by atoms with Crippen LogP contribution in [0.2, 0.25) is 0 Å². The normalized spacial score (nSPS) is 11.5. The number of alkyl halides is 1. The molecule has 0 aliphatic carbocycles. The molecule has 0 saturated heterocycles. The van der Waals surface area contributed by atoms with E-state index in [-0.39, 0.29) is 11.2 Å². The van der Waals surface area contributed by atoms with Crippen LogP contribution in [0.1, 0.15) is 42.3 Å². The monoisotopic (exact) mass is 268 g/mol. The highest BCUT2D eigenvalue weighted by Gasteiger charge is 2.23. The zero-order chi connectivity index (χ0) is 11.6. The Balaban J connectivity index is 3.12. The molecule has 1 rings (SSSR count). The number of carbonyl (C=O) groups is 1. The van der Waals surface area contributed by atoms with Gasteiger partial charge in [0.1, 0.15) is 0 Å². The number of aryl methyl sites for hydroxylation is 1. The summed E-state index contributed by atoms with van der Waals surface area (Å²) in [4.78, 5) is 12.1. The van der Waals surface area contributed by atoms with Crippen molar-refractivity contribution >= 4 is 21.7 Å². The first-order valence-electron chi connectivity index (χ1n) is 5.06. The van der Waals surface area contributed by atoms with Crippen molar-refractivity contribution in [1.29, 1.82) is 0 Å². The van der Waals surface area contributed by atoms with Gasteiger partial charge in [0.25, 0.3) is 0 Å². The highest BCUT2D eigenvalue weighted by atomic mass is 79.9. The van der Waals surface area contributed by atoms with E-state index in [2.05, 4.69) is 22.0 Å². The number of halogens is 1. The predicted octanol–water partition coefficient (Wildman–Crippen LogP) is 4.12. The van der Waals surface area contributed by atoms with Gasteiger partial charge in [-0.15, -0.1) is 0 Å². The molecule has 0 spiro atoms. The molecule has 0 N–H and O–H groups in total. The molecule has 15 heavy (non-hydrogen) atoms. The fraction of sp³-hybridized carbons (Fsp3) is 0.462. The molecule has 1 nitrogen and oxygen atoms in total. The number of carbonyl (C=O) groups excluding carboxylic acids is 1. The van der Waals surface area contributed by atoms with E-state index >= 15 is 0 Å². The fourth-order valence-electron chi connectivity index (χ4n) is 1.47. The third-order valence-corrected chi connectivity index (χ3v) is 3.02. The zero-order valence-corrected chi connectivity index (χ0v) is 11.3. The number of hydrogen-bond acceptors (Lipinski definition) is 1. The van der Waals surface area contributed by atoms with E-state index in [1.807, 2.05) is 39.8 Å². The van der Waals surface area contributed by atoms with Gasteiger partial charge in [0.05, 0.1) is 0 Å². The lowest BCUT2D eigenvalue weighted by atomic mass is 9.84. The second kappa shape index (κ2) is 4.48. The van der Waals surface area contributed by atoms with Gasteiger partial charge >= 0.3 is 0 Å². The van der Waals surface area contributed by atoms with Gasteiger partial charge in [-0.3, -0.25) is 4.79 Å². The maximum Gasteiger partial charge on any atom is 0.168 e. The van der Waals surface area contributed by atoms with Crippen LogP contribution in [0.3, 0.4) is 0 Å². The van der Waals surface area contributed by atoms with Crippen molar-refractivity contribution in [2.24, 2.45) is 5.41 Å². The summed E-state index contributed by atoms with van der Waals surface area (Å²) in [6.45, 7) is 7.85. The van der Waals surface area contributed by atoms with Crippen LogP contribution in [0.5, 0.6) is 0 Å². The maximum absolute atomic E-state index is 12.1. The van der Waals surface area contributed by atoms with E-state index in [1.54, 1.807) is 0 Å². The second-order valence-corrected chi connectivity index (χ2v) is 5.42. The standard InChI is InChI=1S/C13H17BrO/c1-9-7-10(8-14)5-6-11(9)12(15)13(2,3)4/h5-7H,8H2,1-4H3. The molecule has 0 saturated carbocycles. The molecule has 0 atom stereocenters. The largest absolute Gasteiger partial charge is 0.294 e.